The number of carbonyl (C=O) groups excluding carboxylic acids is 1. The lowest BCUT2D eigenvalue weighted by atomic mass is 9.70. The van der Waals surface area contributed by atoms with Crippen LogP contribution in [0.3, 0.4) is 0 Å². The van der Waals surface area contributed by atoms with Crippen molar-refractivity contribution in [3.63, 3.8) is 0 Å². The molecule has 0 spiro atoms. The van der Waals surface area contributed by atoms with Crippen molar-refractivity contribution in [2.75, 3.05) is 0 Å². The smallest absolute Gasteiger partial charge is 0.339 e. The topological polar surface area (TPSA) is 69.4 Å². The SMILES string of the molecule is Cc1cc2oc(=O)cc(COC(=O)c3c4c(nc5ccccc35)CCC(C(C)(C)C)C4)c2cc1C(C)C. The summed E-state index contributed by atoms with van der Waals surface area (Å²) in [4.78, 5) is 31.0. The molecule has 1 unspecified atom stereocenters. The third-order valence-corrected chi connectivity index (χ3v) is 7.89. The molecule has 1 aliphatic rings. The number of hydrogen-bond acceptors (Lipinski definition) is 5. The fraction of sp³-hybridized carbons (Fsp3) is 0.406. The average Bonchev–Trinajstić information content (AvgIpc) is 2.84. The van der Waals surface area contributed by atoms with Gasteiger partial charge in [0, 0.05) is 28.1 Å². The Balaban J connectivity index is 1.55. The van der Waals surface area contributed by atoms with E-state index in [1.807, 2.05) is 37.3 Å². The molecule has 0 saturated heterocycles. The van der Waals surface area contributed by atoms with Crippen molar-refractivity contribution in [1.29, 1.82) is 0 Å². The molecule has 0 saturated carbocycles. The number of benzene rings is 2. The van der Waals surface area contributed by atoms with Crippen LogP contribution in [-0.2, 0) is 24.2 Å². The second-order valence-corrected chi connectivity index (χ2v) is 11.8. The van der Waals surface area contributed by atoms with Crippen molar-refractivity contribution < 1.29 is 13.9 Å². The maximum atomic E-state index is 13.8. The third-order valence-electron chi connectivity index (χ3n) is 7.89. The zero-order valence-electron chi connectivity index (χ0n) is 22.6. The maximum absolute atomic E-state index is 13.8. The molecule has 5 nitrogen and oxygen atoms in total. The quantitative estimate of drug-likeness (QED) is 0.219. The number of ether oxygens (including phenoxy) is 1. The summed E-state index contributed by atoms with van der Waals surface area (Å²) >= 11 is 0. The Morgan fingerprint density at radius 3 is 2.62 bits per heavy atom. The Labute approximate surface area is 217 Å². The Kier molecular flexibility index (Phi) is 6.43. The van der Waals surface area contributed by atoms with Gasteiger partial charge in [-0.05, 0) is 78.3 Å². The highest BCUT2D eigenvalue weighted by Gasteiger charge is 2.33. The molecule has 4 aromatic rings. The molecule has 1 atom stereocenters. The highest BCUT2D eigenvalue weighted by atomic mass is 16.5. The lowest BCUT2D eigenvalue weighted by Crippen LogP contribution is -2.29. The van der Waals surface area contributed by atoms with Gasteiger partial charge in [-0.2, -0.15) is 0 Å². The van der Waals surface area contributed by atoms with E-state index in [4.69, 9.17) is 14.1 Å². The van der Waals surface area contributed by atoms with Gasteiger partial charge in [-0.15, -0.1) is 0 Å². The first-order valence-electron chi connectivity index (χ1n) is 13.2. The van der Waals surface area contributed by atoms with Gasteiger partial charge in [0.15, 0.2) is 0 Å². The van der Waals surface area contributed by atoms with E-state index in [9.17, 15) is 9.59 Å². The third kappa shape index (κ3) is 4.79. The summed E-state index contributed by atoms with van der Waals surface area (Å²) < 4.78 is 11.4. The first-order chi connectivity index (χ1) is 17.5. The van der Waals surface area contributed by atoms with Gasteiger partial charge in [0.1, 0.15) is 12.2 Å². The van der Waals surface area contributed by atoms with Crippen LogP contribution in [0.4, 0.5) is 0 Å². The zero-order chi connectivity index (χ0) is 26.5. The van der Waals surface area contributed by atoms with Crippen LogP contribution in [0.15, 0.2) is 51.7 Å². The fourth-order valence-corrected chi connectivity index (χ4v) is 5.71. The number of para-hydroxylation sites is 1. The van der Waals surface area contributed by atoms with Crippen molar-refractivity contribution in [2.45, 2.75) is 73.3 Å². The number of hydrogen-bond donors (Lipinski definition) is 0. The van der Waals surface area contributed by atoms with Crippen molar-refractivity contribution in [3.8, 4) is 0 Å². The Hall–Kier alpha value is -3.47. The largest absolute Gasteiger partial charge is 0.457 e. The summed E-state index contributed by atoms with van der Waals surface area (Å²) in [7, 11) is 0. The summed E-state index contributed by atoms with van der Waals surface area (Å²) in [6, 6.07) is 13.2. The van der Waals surface area contributed by atoms with E-state index in [1.165, 1.54) is 11.6 Å². The van der Waals surface area contributed by atoms with Crippen LogP contribution in [0.1, 0.15) is 85.3 Å². The number of carbonyl (C=O) groups is 1. The van der Waals surface area contributed by atoms with Crippen LogP contribution in [0, 0.1) is 18.3 Å². The van der Waals surface area contributed by atoms with Gasteiger partial charge in [0.25, 0.3) is 0 Å². The first kappa shape index (κ1) is 25.2. The monoisotopic (exact) mass is 497 g/mol. The number of esters is 1. The Morgan fingerprint density at radius 1 is 1.14 bits per heavy atom. The average molecular weight is 498 g/mol. The number of nitrogens with zero attached hydrogens (tertiary/aromatic N) is 1. The number of fused-ring (bicyclic) bond motifs is 3. The van der Waals surface area contributed by atoms with Crippen molar-refractivity contribution in [2.24, 2.45) is 11.3 Å². The molecule has 2 heterocycles. The van der Waals surface area contributed by atoms with E-state index in [2.05, 4.69) is 40.7 Å². The van der Waals surface area contributed by atoms with Crippen molar-refractivity contribution >= 4 is 27.8 Å². The predicted molar refractivity (Wildman–Crippen MR) is 147 cm³/mol. The van der Waals surface area contributed by atoms with Gasteiger partial charge in [0.2, 0.25) is 0 Å². The molecule has 5 rings (SSSR count). The molecule has 0 fully saturated rings. The van der Waals surface area contributed by atoms with Gasteiger partial charge in [-0.1, -0.05) is 52.8 Å². The highest BCUT2D eigenvalue weighted by Crippen LogP contribution is 2.39. The number of aromatic nitrogens is 1. The van der Waals surface area contributed by atoms with Gasteiger partial charge in [-0.25, -0.2) is 9.59 Å². The summed E-state index contributed by atoms with van der Waals surface area (Å²) in [5.74, 6) is 0.397. The zero-order valence-corrected chi connectivity index (χ0v) is 22.6. The number of pyridine rings is 1. The van der Waals surface area contributed by atoms with Crippen LogP contribution < -0.4 is 5.63 Å². The Bertz CT molecular complexity index is 1570. The number of aryl methyl sites for hydroxylation is 2. The molecule has 1 aliphatic carbocycles. The van der Waals surface area contributed by atoms with E-state index in [1.54, 1.807) is 0 Å². The maximum Gasteiger partial charge on any atom is 0.339 e. The lowest BCUT2D eigenvalue weighted by molar-refractivity contribution is 0.0473. The minimum absolute atomic E-state index is 0.00431. The van der Waals surface area contributed by atoms with Crippen molar-refractivity contribution in [1.82, 2.24) is 4.98 Å². The van der Waals surface area contributed by atoms with E-state index in [0.29, 0.717) is 28.5 Å². The summed E-state index contributed by atoms with van der Waals surface area (Å²) in [6.07, 6.45) is 2.71. The van der Waals surface area contributed by atoms with Crippen LogP contribution in [0.25, 0.3) is 21.9 Å². The predicted octanol–water partition coefficient (Wildman–Crippen LogP) is 7.28. The molecule has 0 aliphatic heterocycles. The van der Waals surface area contributed by atoms with Gasteiger partial charge >= 0.3 is 11.6 Å². The highest BCUT2D eigenvalue weighted by molar-refractivity contribution is 6.05. The molecule has 0 amide bonds. The second kappa shape index (κ2) is 9.44. The molecule has 2 aromatic heterocycles. The van der Waals surface area contributed by atoms with Gasteiger partial charge < -0.3 is 9.15 Å². The molecule has 0 bridgehead atoms. The molecular formula is C32H35NO4. The summed E-state index contributed by atoms with van der Waals surface area (Å²) in [5, 5.41) is 1.62. The first-order valence-corrected chi connectivity index (χ1v) is 13.2. The number of rotatable bonds is 4. The molecule has 0 N–H and O–H groups in total. The fourth-order valence-electron chi connectivity index (χ4n) is 5.71. The molecular weight excluding hydrogens is 462 g/mol. The van der Waals surface area contributed by atoms with Gasteiger partial charge in [0.05, 0.1) is 11.1 Å². The molecule has 37 heavy (non-hydrogen) atoms. The summed E-state index contributed by atoms with van der Waals surface area (Å²) in [5.41, 5.74) is 6.52. The normalized spacial score (nSPS) is 15.8. The van der Waals surface area contributed by atoms with E-state index in [-0.39, 0.29) is 18.0 Å². The summed E-state index contributed by atoms with van der Waals surface area (Å²) in [6.45, 7) is 13.1. The molecule has 192 valence electrons. The molecule has 0 radical (unpaired) electrons. The minimum atomic E-state index is -0.449. The molecule has 2 aromatic carbocycles. The van der Waals surface area contributed by atoms with Crippen LogP contribution in [0.5, 0.6) is 0 Å². The van der Waals surface area contributed by atoms with Crippen LogP contribution in [0.2, 0.25) is 0 Å². The van der Waals surface area contributed by atoms with E-state index >= 15 is 0 Å². The lowest BCUT2D eigenvalue weighted by Gasteiger charge is -2.35. The Morgan fingerprint density at radius 2 is 1.89 bits per heavy atom. The minimum Gasteiger partial charge on any atom is -0.457 e. The standard InChI is InChI=1S/C32H35NO4/c1-18(2)23-16-24-20(14-29(34)37-28(24)13-19(23)3)17-36-31(35)30-22-9-7-8-10-26(22)33-27-12-11-21(15-25(27)30)32(4,5)6/h7-10,13-14,16,18,21H,11-12,15,17H2,1-6H3. The van der Waals surface area contributed by atoms with E-state index in [0.717, 1.165) is 52.4 Å². The van der Waals surface area contributed by atoms with Crippen molar-refractivity contribution in [3.05, 3.63) is 86.4 Å². The van der Waals surface area contributed by atoms with Gasteiger partial charge in [-0.3, -0.25) is 4.98 Å². The van der Waals surface area contributed by atoms with Crippen LogP contribution in [-0.4, -0.2) is 11.0 Å². The molecule has 5 heteroatoms. The van der Waals surface area contributed by atoms with E-state index < -0.39 is 5.63 Å². The second-order valence-electron chi connectivity index (χ2n) is 11.8. The van der Waals surface area contributed by atoms with Crippen LogP contribution >= 0.6 is 0 Å².